The number of benzene rings is 2. The van der Waals surface area contributed by atoms with Crippen LogP contribution >= 0.6 is 0 Å². The largest absolute Gasteiger partial charge is 0.497 e. The van der Waals surface area contributed by atoms with Crippen LogP contribution in [0.2, 0.25) is 0 Å². The lowest BCUT2D eigenvalue weighted by Crippen LogP contribution is -2.28. The molecule has 29 heavy (non-hydrogen) atoms. The monoisotopic (exact) mass is 399 g/mol. The summed E-state index contributed by atoms with van der Waals surface area (Å²) in [4.78, 5) is 23.3. The highest BCUT2D eigenvalue weighted by Gasteiger charge is 2.45. The molecule has 3 atom stereocenters. The van der Waals surface area contributed by atoms with E-state index in [4.69, 9.17) is 19.3 Å². The first-order valence-electron chi connectivity index (χ1n) is 9.39. The van der Waals surface area contributed by atoms with Crippen molar-refractivity contribution in [2.24, 2.45) is 5.92 Å². The molecule has 2 aromatic carbocycles. The fourth-order valence-corrected chi connectivity index (χ4v) is 3.36. The van der Waals surface area contributed by atoms with Gasteiger partial charge in [0.15, 0.2) is 6.61 Å². The van der Waals surface area contributed by atoms with Crippen LogP contribution < -0.4 is 19.5 Å². The Labute approximate surface area is 169 Å². The topological polar surface area (TPSA) is 94.1 Å². The second-order valence-corrected chi connectivity index (χ2v) is 7.04. The van der Waals surface area contributed by atoms with Gasteiger partial charge in [0.1, 0.15) is 17.2 Å². The van der Waals surface area contributed by atoms with E-state index in [1.807, 2.05) is 37.3 Å². The van der Waals surface area contributed by atoms with Gasteiger partial charge < -0.3 is 24.6 Å². The van der Waals surface area contributed by atoms with Gasteiger partial charge in [0.25, 0.3) is 0 Å². The maximum Gasteiger partial charge on any atom is 0.341 e. The molecule has 0 bridgehead atoms. The Morgan fingerprint density at radius 2 is 1.79 bits per heavy atom. The molecule has 3 rings (SSSR count). The Morgan fingerprint density at radius 3 is 2.41 bits per heavy atom. The van der Waals surface area contributed by atoms with Crippen LogP contribution in [0.5, 0.6) is 17.2 Å². The number of amides is 1. The highest BCUT2D eigenvalue weighted by molar-refractivity contribution is 5.83. The summed E-state index contributed by atoms with van der Waals surface area (Å²) in [6.45, 7) is 1.52. The molecule has 154 valence electrons. The van der Waals surface area contributed by atoms with E-state index < -0.39 is 5.97 Å². The molecule has 7 nitrogen and oxygen atoms in total. The zero-order valence-corrected chi connectivity index (χ0v) is 16.7. The minimum absolute atomic E-state index is 0.00132. The Balaban J connectivity index is 1.59. The molecule has 0 saturated heterocycles. The Kier molecular flexibility index (Phi) is 6.26. The summed E-state index contributed by atoms with van der Waals surface area (Å²) in [6.07, 6.45) is 0.768. The molecule has 7 heteroatoms. The molecular weight excluding hydrogens is 374 g/mol. The van der Waals surface area contributed by atoms with E-state index in [2.05, 4.69) is 5.32 Å². The van der Waals surface area contributed by atoms with Crippen molar-refractivity contribution in [3.8, 4) is 17.2 Å². The second-order valence-electron chi connectivity index (χ2n) is 7.04. The third kappa shape index (κ3) is 4.99. The zero-order chi connectivity index (χ0) is 21.0. The average Bonchev–Trinajstić information content (AvgIpc) is 3.53. The Bertz CT molecular complexity index is 879. The standard InChI is InChI=1S/C22H25NO6/c1-13(14-4-6-15(7-5-14)29-12-21(24)25)23-22(26)19-11-17(19)18-10-16(27-2)8-9-20(18)28-3/h4-10,13,17,19H,11-12H2,1-3H3,(H,23,26)(H,24,25). The van der Waals surface area contributed by atoms with E-state index >= 15 is 0 Å². The van der Waals surface area contributed by atoms with Gasteiger partial charge in [-0.25, -0.2) is 4.79 Å². The quantitative estimate of drug-likeness (QED) is 0.673. The normalized spacial score (nSPS) is 18.4. The fraction of sp³-hybridized carbons (Fsp3) is 0.364. The van der Waals surface area contributed by atoms with Gasteiger partial charge in [-0.1, -0.05) is 12.1 Å². The lowest BCUT2D eigenvalue weighted by atomic mass is 10.1. The molecule has 1 aliphatic rings. The van der Waals surface area contributed by atoms with Crippen molar-refractivity contribution in [1.82, 2.24) is 5.32 Å². The Morgan fingerprint density at radius 1 is 1.10 bits per heavy atom. The number of methoxy groups -OCH3 is 2. The molecule has 0 radical (unpaired) electrons. The Hall–Kier alpha value is -3.22. The fourth-order valence-electron chi connectivity index (χ4n) is 3.36. The third-order valence-corrected chi connectivity index (χ3v) is 5.06. The molecule has 2 aromatic rings. The maximum absolute atomic E-state index is 12.7. The number of nitrogens with one attached hydrogen (secondary N) is 1. The van der Waals surface area contributed by atoms with Gasteiger partial charge in [-0.3, -0.25) is 4.79 Å². The average molecular weight is 399 g/mol. The number of hydrogen-bond donors (Lipinski definition) is 2. The van der Waals surface area contributed by atoms with Gasteiger partial charge in [-0.2, -0.15) is 0 Å². The van der Waals surface area contributed by atoms with Gasteiger partial charge >= 0.3 is 5.97 Å². The molecule has 1 saturated carbocycles. The van der Waals surface area contributed by atoms with E-state index in [9.17, 15) is 9.59 Å². The van der Waals surface area contributed by atoms with Gasteiger partial charge in [0, 0.05) is 17.4 Å². The summed E-state index contributed by atoms with van der Waals surface area (Å²) < 4.78 is 15.9. The van der Waals surface area contributed by atoms with Crippen molar-refractivity contribution in [2.45, 2.75) is 25.3 Å². The smallest absolute Gasteiger partial charge is 0.341 e. The predicted molar refractivity (Wildman–Crippen MR) is 107 cm³/mol. The van der Waals surface area contributed by atoms with E-state index in [0.29, 0.717) is 5.75 Å². The summed E-state index contributed by atoms with van der Waals surface area (Å²) in [7, 11) is 3.23. The molecule has 3 unspecified atom stereocenters. The van der Waals surface area contributed by atoms with Crippen LogP contribution in [0, 0.1) is 5.92 Å². The number of carbonyl (C=O) groups excluding carboxylic acids is 1. The molecule has 1 amide bonds. The van der Waals surface area contributed by atoms with Crippen LogP contribution in [-0.2, 0) is 9.59 Å². The van der Waals surface area contributed by atoms with Crippen LogP contribution in [0.25, 0.3) is 0 Å². The molecule has 0 heterocycles. The summed E-state index contributed by atoms with van der Waals surface area (Å²) in [6, 6.07) is 12.5. The van der Waals surface area contributed by atoms with Crippen molar-refractivity contribution in [2.75, 3.05) is 20.8 Å². The first kappa shape index (κ1) is 20.5. The summed E-state index contributed by atoms with van der Waals surface area (Å²) >= 11 is 0. The maximum atomic E-state index is 12.7. The summed E-state index contributed by atoms with van der Waals surface area (Å²) in [5.74, 6) is 0.958. The first-order chi connectivity index (χ1) is 13.9. The number of carboxylic acid groups (broad SMARTS) is 1. The van der Waals surface area contributed by atoms with E-state index in [1.54, 1.807) is 26.4 Å². The summed E-state index contributed by atoms with van der Waals surface area (Å²) in [5, 5.41) is 11.7. The summed E-state index contributed by atoms with van der Waals surface area (Å²) in [5.41, 5.74) is 1.90. The highest BCUT2D eigenvalue weighted by atomic mass is 16.5. The number of aliphatic carboxylic acids is 1. The first-order valence-corrected chi connectivity index (χ1v) is 9.39. The van der Waals surface area contributed by atoms with Crippen LogP contribution in [0.15, 0.2) is 42.5 Å². The molecule has 0 aliphatic heterocycles. The highest BCUT2D eigenvalue weighted by Crippen LogP contribution is 2.51. The van der Waals surface area contributed by atoms with Crippen molar-refractivity contribution in [3.05, 3.63) is 53.6 Å². The molecular formula is C22H25NO6. The van der Waals surface area contributed by atoms with Gasteiger partial charge in [-0.05, 0) is 49.2 Å². The predicted octanol–water partition coefficient (Wildman–Crippen LogP) is 3.15. The van der Waals surface area contributed by atoms with Gasteiger partial charge in [0.2, 0.25) is 5.91 Å². The van der Waals surface area contributed by atoms with Crippen molar-refractivity contribution < 1.29 is 28.9 Å². The molecule has 2 N–H and O–H groups in total. The molecule has 0 aromatic heterocycles. The van der Waals surface area contributed by atoms with Gasteiger partial charge in [0.05, 0.1) is 20.3 Å². The minimum Gasteiger partial charge on any atom is -0.497 e. The van der Waals surface area contributed by atoms with Gasteiger partial charge in [-0.15, -0.1) is 0 Å². The zero-order valence-electron chi connectivity index (χ0n) is 16.7. The van der Waals surface area contributed by atoms with Crippen molar-refractivity contribution in [3.63, 3.8) is 0 Å². The number of carboxylic acids is 1. The van der Waals surface area contributed by atoms with Crippen LogP contribution in [-0.4, -0.2) is 37.8 Å². The lowest BCUT2D eigenvalue weighted by Gasteiger charge is -2.15. The minimum atomic E-state index is -1.03. The van der Waals surface area contributed by atoms with E-state index in [0.717, 1.165) is 29.0 Å². The number of hydrogen-bond acceptors (Lipinski definition) is 5. The number of rotatable bonds is 9. The third-order valence-electron chi connectivity index (χ3n) is 5.06. The van der Waals surface area contributed by atoms with Crippen LogP contribution in [0.3, 0.4) is 0 Å². The molecule has 1 aliphatic carbocycles. The number of ether oxygens (including phenoxy) is 3. The van der Waals surface area contributed by atoms with E-state index in [-0.39, 0.29) is 30.4 Å². The van der Waals surface area contributed by atoms with Crippen LogP contribution in [0.4, 0.5) is 0 Å². The molecule has 0 spiro atoms. The molecule has 1 fully saturated rings. The SMILES string of the molecule is COc1ccc(OC)c(C2CC2C(=O)NC(C)c2ccc(OCC(=O)O)cc2)c1. The van der Waals surface area contributed by atoms with E-state index in [1.165, 1.54) is 0 Å². The van der Waals surface area contributed by atoms with Crippen molar-refractivity contribution >= 4 is 11.9 Å². The second kappa shape index (κ2) is 8.86. The number of carbonyl (C=O) groups is 2. The van der Waals surface area contributed by atoms with Crippen molar-refractivity contribution in [1.29, 1.82) is 0 Å². The lowest BCUT2D eigenvalue weighted by molar-refractivity contribution is -0.139. The van der Waals surface area contributed by atoms with Crippen LogP contribution in [0.1, 0.15) is 36.4 Å².